The van der Waals surface area contributed by atoms with Gasteiger partial charge in [0.1, 0.15) is 0 Å². The van der Waals surface area contributed by atoms with E-state index < -0.39 is 0 Å². The number of aryl methyl sites for hydroxylation is 3. The molecular weight excluding hydrogens is 436 g/mol. The monoisotopic (exact) mass is 464 g/mol. The van der Waals surface area contributed by atoms with Crippen molar-refractivity contribution in [3.05, 3.63) is 71.8 Å². The van der Waals surface area contributed by atoms with E-state index in [1.165, 1.54) is 11.1 Å². The molecule has 2 aromatic heterocycles. The number of imidazole rings is 1. The van der Waals surface area contributed by atoms with Gasteiger partial charge in [-0.1, -0.05) is 37.3 Å². The highest BCUT2D eigenvalue weighted by Gasteiger charge is 2.22. The van der Waals surface area contributed by atoms with Crippen LogP contribution in [-0.4, -0.2) is 32.2 Å². The number of benzene rings is 2. The van der Waals surface area contributed by atoms with E-state index in [-0.39, 0.29) is 5.91 Å². The molecule has 1 amide bonds. The lowest BCUT2D eigenvalue weighted by molar-refractivity contribution is 0.0986. The predicted octanol–water partition coefficient (Wildman–Crippen LogP) is 6.35. The molecule has 0 saturated carbocycles. The molecular formula is C25H28N4OS2. The van der Waals surface area contributed by atoms with E-state index in [1.54, 1.807) is 29.3 Å². The van der Waals surface area contributed by atoms with Gasteiger partial charge in [-0.05, 0) is 55.7 Å². The maximum Gasteiger partial charge on any atom is 0.260 e. The van der Waals surface area contributed by atoms with Crippen LogP contribution in [0.5, 0.6) is 0 Å². The second-order valence-corrected chi connectivity index (χ2v) is 10.9. The number of hydrogen-bond donors (Lipinski definition) is 0. The van der Waals surface area contributed by atoms with E-state index in [0.29, 0.717) is 17.4 Å². The van der Waals surface area contributed by atoms with Crippen molar-refractivity contribution in [1.29, 1.82) is 0 Å². The Morgan fingerprint density at radius 3 is 2.81 bits per heavy atom. The van der Waals surface area contributed by atoms with Gasteiger partial charge in [-0.15, -0.1) is 11.8 Å². The summed E-state index contributed by atoms with van der Waals surface area (Å²) in [5.74, 6) is -0.00438. The van der Waals surface area contributed by atoms with Gasteiger partial charge >= 0.3 is 0 Å². The average Bonchev–Trinajstić information content (AvgIpc) is 3.40. The number of thioether (sulfide) groups is 1. The highest BCUT2D eigenvalue weighted by Crippen LogP contribution is 2.33. The number of nitrogens with zero attached hydrogens (tertiary/aromatic N) is 4. The number of hydrogen-bond acceptors (Lipinski definition) is 5. The number of carbonyl (C=O) groups is 1. The summed E-state index contributed by atoms with van der Waals surface area (Å²) < 4.78 is 3.18. The van der Waals surface area contributed by atoms with E-state index in [2.05, 4.69) is 50.9 Å². The molecule has 0 aliphatic heterocycles. The molecule has 0 aliphatic rings. The molecule has 0 saturated heterocycles. The first-order chi connectivity index (χ1) is 15.4. The molecule has 0 bridgehead atoms. The zero-order valence-electron chi connectivity index (χ0n) is 18.9. The first kappa shape index (κ1) is 22.6. The van der Waals surface area contributed by atoms with Crippen molar-refractivity contribution in [3.63, 3.8) is 0 Å². The van der Waals surface area contributed by atoms with Gasteiger partial charge < -0.3 is 4.57 Å². The number of fused-ring (bicyclic) bond motifs is 1. The lowest BCUT2D eigenvalue weighted by Gasteiger charge is -2.20. The highest BCUT2D eigenvalue weighted by atomic mass is 32.2. The van der Waals surface area contributed by atoms with Crippen LogP contribution in [0, 0.1) is 13.8 Å². The molecule has 0 radical (unpaired) electrons. The smallest absolute Gasteiger partial charge is 0.260 e. The van der Waals surface area contributed by atoms with Crippen LogP contribution in [0.1, 0.15) is 41.8 Å². The largest absolute Gasteiger partial charge is 0.337 e. The third-order valence-electron chi connectivity index (χ3n) is 5.09. The number of amides is 1. The zero-order valence-corrected chi connectivity index (χ0v) is 20.5. The van der Waals surface area contributed by atoms with Gasteiger partial charge in [0.15, 0.2) is 5.13 Å². The molecule has 0 atom stereocenters. The lowest BCUT2D eigenvalue weighted by atomic mass is 10.1. The Labute approximate surface area is 197 Å². The third kappa shape index (κ3) is 5.22. The topological polar surface area (TPSA) is 51.0 Å². The van der Waals surface area contributed by atoms with Crippen LogP contribution in [0.3, 0.4) is 0 Å². The van der Waals surface area contributed by atoms with Crippen molar-refractivity contribution >= 4 is 44.4 Å². The van der Waals surface area contributed by atoms with Crippen molar-refractivity contribution in [1.82, 2.24) is 14.5 Å². The van der Waals surface area contributed by atoms with Crippen molar-refractivity contribution in [2.75, 3.05) is 11.4 Å². The molecule has 32 heavy (non-hydrogen) atoms. The van der Waals surface area contributed by atoms with Crippen LogP contribution in [-0.2, 0) is 6.54 Å². The number of rotatable bonds is 8. The van der Waals surface area contributed by atoms with Gasteiger partial charge in [0, 0.05) is 41.2 Å². The highest BCUT2D eigenvalue weighted by molar-refractivity contribution is 7.99. The normalized spacial score (nSPS) is 11.4. The Hall–Kier alpha value is -2.64. The summed E-state index contributed by atoms with van der Waals surface area (Å²) in [4.78, 5) is 25.6. The summed E-state index contributed by atoms with van der Waals surface area (Å²) in [7, 11) is 0. The Bertz CT molecular complexity index is 1210. The fraction of sp³-hybridized carbons (Fsp3) is 0.320. The number of thiazole rings is 1. The van der Waals surface area contributed by atoms with Gasteiger partial charge in [0.2, 0.25) is 0 Å². The van der Waals surface area contributed by atoms with Crippen molar-refractivity contribution in [3.8, 4) is 0 Å². The van der Waals surface area contributed by atoms with Gasteiger partial charge in [0.25, 0.3) is 5.91 Å². The molecule has 0 fully saturated rings. The second kappa shape index (κ2) is 9.88. The van der Waals surface area contributed by atoms with Crippen LogP contribution in [0.15, 0.2) is 60.0 Å². The molecule has 2 heterocycles. The maximum atomic E-state index is 13.7. The fourth-order valence-corrected chi connectivity index (χ4v) is 5.66. The van der Waals surface area contributed by atoms with Crippen molar-refractivity contribution in [2.45, 2.75) is 50.8 Å². The molecule has 0 aliphatic carbocycles. The molecule has 4 aromatic rings. The van der Waals surface area contributed by atoms with Gasteiger partial charge in [-0.25, -0.2) is 9.97 Å². The minimum absolute atomic E-state index is 0.00438. The van der Waals surface area contributed by atoms with Crippen molar-refractivity contribution in [2.24, 2.45) is 0 Å². The Morgan fingerprint density at radius 2 is 2.06 bits per heavy atom. The zero-order chi connectivity index (χ0) is 22.7. The second-order valence-electron chi connectivity index (χ2n) is 8.23. The molecule has 5 nitrogen and oxygen atoms in total. The summed E-state index contributed by atoms with van der Waals surface area (Å²) >= 11 is 3.36. The van der Waals surface area contributed by atoms with Gasteiger partial charge in [0.05, 0.1) is 16.5 Å². The van der Waals surface area contributed by atoms with Crippen molar-refractivity contribution < 1.29 is 4.79 Å². The molecule has 2 aromatic carbocycles. The quantitative estimate of drug-likeness (QED) is 0.285. The van der Waals surface area contributed by atoms with E-state index in [4.69, 9.17) is 4.98 Å². The summed E-state index contributed by atoms with van der Waals surface area (Å²) in [5, 5.41) is 1.22. The van der Waals surface area contributed by atoms with Crippen LogP contribution in [0.4, 0.5) is 5.13 Å². The average molecular weight is 465 g/mol. The van der Waals surface area contributed by atoms with Gasteiger partial charge in [-0.2, -0.15) is 0 Å². The molecule has 7 heteroatoms. The van der Waals surface area contributed by atoms with E-state index >= 15 is 0 Å². The fourth-order valence-electron chi connectivity index (χ4n) is 3.73. The number of aromatic nitrogens is 3. The Kier molecular flexibility index (Phi) is 6.96. The van der Waals surface area contributed by atoms with E-state index in [0.717, 1.165) is 33.2 Å². The SMILES string of the molecule is Cc1cc(C)c2sc(N(CCCn3ccnc3)C(=O)c3cccc(SC(C)C)c3)nc2c1. The first-order valence-corrected chi connectivity index (χ1v) is 12.5. The van der Waals surface area contributed by atoms with Crippen LogP contribution in [0.25, 0.3) is 10.2 Å². The molecule has 0 spiro atoms. The Morgan fingerprint density at radius 1 is 1.22 bits per heavy atom. The van der Waals surface area contributed by atoms with E-state index in [1.807, 2.05) is 40.2 Å². The molecule has 0 N–H and O–H groups in total. The molecule has 0 unspecified atom stereocenters. The first-order valence-electron chi connectivity index (χ1n) is 10.8. The summed E-state index contributed by atoms with van der Waals surface area (Å²) in [6.07, 6.45) is 6.35. The van der Waals surface area contributed by atoms with E-state index in [9.17, 15) is 4.79 Å². The predicted molar refractivity (Wildman–Crippen MR) is 135 cm³/mol. The van der Waals surface area contributed by atoms with Crippen LogP contribution < -0.4 is 4.90 Å². The maximum absolute atomic E-state index is 13.7. The summed E-state index contributed by atoms with van der Waals surface area (Å²) in [6.45, 7) is 9.90. The summed E-state index contributed by atoms with van der Waals surface area (Å²) in [6, 6.07) is 12.2. The standard InChI is InChI=1S/C25H28N4OS2/c1-17(2)31-21-8-5-7-20(15-21)24(30)29(11-6-10-28-12-9-26-16-28)25-27-22-14-18(3)13-19(4)23(22)32-25/h5,7-9,12-17H,6,10-11H2,1-4H3. The third-order valence-corrected chi connectivity index (χ3v) is 7.32. The lowest BCUT2D eigenvalue weighted by Crippen LogP contribution is -2.32. The number of carbonyl (C=O) groups excluding carboxylic acids is 1. The minimum atomic E-state index is -0.00438. The number of anilines is 1. The van der Waals surface area contributed by atoms with Gasteiger partial charge in [-0.3, -0.25) is 9.69 Å². The van der Waals surface area contributed by atoms with Crippen LogP contribution in [0.2, 0.25) is 0 Å². The Balaban J connectivity index is 1.65. The van der Waals surface area contributed by atoms with Crippen LogP contribution >= 0.6 is 23.1 Å². The summed E-state index contributed by atoms with van der Waals surface area (Å²) in [5.41, 5.74) is 4.04. The molecule has 4 rings (SSSR count). The minimum Gasteiger partial charge on any atom is -0.337 e. The molecule has 166 valence electrons.